The van der Waals surface area contributed by atoms with Gasteiger partial charge in [0.1, 0.15) is 17.2 Å². The average molecular weight is 259 g/mol. The van der Waals surface area contributed by atoms with Gasteiger partial charge in [0.25, 0.3) is 5.91 Å². The maximum atomic E-state index is 11.9. The molecule has 2 aromatic rings. The summed E-state index contributed by atoms with van der Waals surface area (Å²) in [7, 11) is 1.55. The smallest absolute Gasteiger partial charge is 0.255 e. The van der Waals surface area contributed by atoms with Crippen LogP contribution in [0, 0.1) is 0 Å². The van der Waals surface area contributed by atoms with E-state index in [0.29, 0.717) is 11.3 Å². The third-order valence-corrected chi connectivity index (χ3v) is 2.58. The molecule has 0 heterocycles. The van der Waals surface area contributed by atoms with Crippen LogP contribution in [-0.2, 0) is 0 Å². The lowest BCUT2D eigenvalue weighted by Crippen LogP contribution is -2.11. The van der Waals surface area contributed by atoms with Gasteiger partial charge in [-0.05, 0) is 36.4 Å². The zero-order valence-corrected chi connectivity index (χ0v) is 10.3. The average Bonchev–Trinajstić information content (AvgIpc) is 2.42. The Morgan fingerprint density at radius 1 is 1.11 bits per heavy atom. The predicted octanol–water partition coefficient (Wildman–Crippen LogP) is 2.36. The molecule has 2 rings (SSSR count). The summed E-state index contributed by atoms with van der Waals surface area (Å²) in [6, 6.07) is 10.5. The Morgan fingerprint density at radius 3 is 2.37 bits per heavy atom. The first-order valence-electron chi connectivity index (χ1n) is 5.57. The third-order valence-electron chi connectivity index (χ3n) is 2.58. The molecule has 0 saturated heterocycles. The molecule has 5 nitrogen and oxygen atoms in total. The van der Waals surface area contributed by atoms with Crippen molar-refractivity contribution in [2.75, 3.05) is 12.4 Å². The number of phenols is 2. The maximum Gasteiger partial charge on any atom is 0.255 e. The first-order chi connectivity index (χ1) is 9.10. The number of carbonyl (C=O) groups is 1. The minimum absolute atomic E-state index is 0.0695. The molecule has 1 amide bonds. The number of nitrogens with one attached hydrogen (secondary N) is 1. The number of benzene rings is 2. The molecule has 0 aromatic heterocycles. The lowest BCUT2D eigenvalue weighted by Gasteiger charge is -2.08. The van der Waals surface area contributed by atoms with Gasteiger partial charge in [0.2, 0.25) is 0 Å². The van der Waals surface area contributed by atoms with Crippen molar-refractivity contribution < 1.29 is 19.7 Å². The number of carbonyl (C=O) groups excluding carboxylic acids is 1. The quantitative estimate of drug-likeness (QED) is 0.584. The third kappa shape index (κ3) is 2.95. The number of methoxy groups -OCH3 is 1. The number of hydrogen-bond donors (Lipinski definition) is 3. The van der Waals surface area contributed by atoms with Gasteiger partial charge in [0.15, 0.2) is 0 Å². The van der Waals surface area contributed by atoms with Gasteiger partial charge in [-0.25, -0.2) is 0 Å². The van der Waals surface area contributed by atoms with Crippen LogP contribution in [0.3, 0.4) is 0 Å². The van der Waals surface area contributed by atoms with Crippen molar-refractivity contribution in [3.8, 4) is 17.2 Å². The lowest BCUT2D eigenvalue weighted by atomic mass is 10.2. The summed E-state index contributed by atoms with van der Waals surface area (Å²) in [4.78, 5) is 11.9. The molecule has 0 saturated carbocycles. The van der Waals surface area contributed by atoms with E-state index in [1.807, 2.05) is 0 Å². The van der Waals surface area contributed by atoms with E-state index in [9.17, 15) is 9.90 Å². The van der Waals surface area contributed by atoms with E-state index in [0.717, 1.165) is 6.07 Å². The fourth-order valence-corrected chi connectivity index (χ4v) is 1.56. The normalized spacial score (nSPS) is 9.95. The molecule has 19 heavy (non-hydrogen) atoms. The first-order valence-corrected chi connectivity index (χ1v) is 5.57. The van der Waals surface area contributed by atoms with Gasteiger partial charge in [0, 0.05) is 11.6 Å². The molecule has 0 aliphatic rings. The van der Waals surface area contributed by atoms with Crippen LogP contribution in [0.4, 0.5) is 5.69 Å². The van der Waals surface area contributed by atoms with Gasteiger partial charge in [-0.15, -0.1) is 0 Å². The molecule has 5 heteroatoms. The van der Waals surface area contributed by atoms with Crippen molar-refractivity contribution >= 4 is 11.6 Å². The number of aromatic hydroxyl groups is 2. The summed E-state index contributed by atoms with van der Waals surface area (Å²) < 4.78 is 5.00. The summed E-state index contributed by atoms with van der Waals surface area (Å²) in [5.74, 6) is 0.0366. The van der Waals surface area contributed by atoms with Crippen LogP contribution in [0.2, 0.25) is 0 Å². The maximum absolute atomic E-state index is 11.9. The van der Waals surface area contributed by atoms with E-state index in [-0.39, 0.29) is 23.1 Å². The summed E-state index contributed by atoms with van der Waals surface area (Å²) in [6.45, 7) is 0. The van der Waals surface area contributed by atoms with Gasteiger partial charge in [-0.2, -0.15) is 0 Å². The van der Waals surface area contributed by atoms with E-state index in [2.05, 4.69) is 5.32 Å². The molecule has 2 aromatic carbocycles. The van der Waals surface area contributed by atoms with E-state index >= 15 is 0 Å². The number of anilines is 1. The highest BCUT2D eigenvalue weighted by Gasteiger charge is 2.09. The Hall–Kier alpha value is -2.69. The molecule has 0 aliphatic carbocycles. The molecule has 0 radical (unpaired) electrons. The Bertz CT molecular complexity index is 593. The highest BCUT2D eigenvalue weighted by molar-refractivity contribution is 6.05. The molecule has 0 unspecified atom stereocenters. The van der Waals surface area contributed by atoms with Gasteiger partial charge in [-0.1, -0.05) is 0 Å². The topological polar surface area (TPSA) is 78.8 Å². The van der Waals surface area contributed by atoms with Gasteiger partial charge >= 0.3 is 0 Å². The molecular weight excluding hydrogens is 246 g/mol. The number of amides is 1. The molecule has 0 fully saturated rings. The standard InChI is InChI=1S/C14H13NO4/c1-19-11-5-2-9(3-6-11)14(18)15-12-7-4-10(16)8-13(12)17/h2-8,16-17H,1H3,(H,15,18). The second-order valence-electron chi connectivity index (χ2n) is 3.88. The van der Waals surface area contributed by atoms with E-state index in [1.165, 1.54) is 12.1 Å². The van der Waals surface area contributed by atoms with E-state index < -0.39 is 0 Å². The molecule has 0 aliphatic heterocycles. The van der Waals surface area contributed by atoms with Crippen LogP contribution in [0.25, 0.3) is 0 Å². The SMILES string of the molecule is COc1ccc(C(=O)Nc2ccc(O)cc2O)cc1. The Morgan fingerprint density at radius 2 is 1.79 bits per heavy atom. The van der Waals surface area contributed by atoms with Crippen molar-refractivity contribution in [2.24, 2.45) is 0 Å². The Kier molecular flexibility index (Phi) is 3.56. The minimum atomic E-state index is -0.358. The number of hydrogen-bond acceptors (Lipinski definition) is 4. The number of phenolic OH excluding ortho intramolecular Hbond substituents is 2. The Balaban J connectivity index is 2.15. The Labute approximate surface area is 110 Å². The van der Waals surface area contributed by atoms with Gasteiger partial charge in [0.05, 0.1) is 12.8 Å². The zero-order valence-electron chi connectivity index (χ0n) is 10.3. The highest BCUT2D eigenvalue weighted by Crippen LogP contribution is 2.27. The van der Waals surface area contributed by atoms with Gasteiger partial charge < -0.3 is 20.3 Å². The molecule has 98 valence electrons. The zero-order chi connectivity index (χ0) is 13.8. The second-order valence-corrected chi connectivity index (χ2v) is 3.88. The monoisotopic (exact) mass is 259 g/mol. The van der Waals surface area contributed by atoms with Crippen molar-refractivity contribution in [1.29, 1.82) is 0 Å². The predicted molar refractivity (Wildman–Crippen MR) is 70.7 cm³/mol. The largest absolute Gasteiger partial charge is 0.508 e. The number of ether oxygens (including phenoxy) is 1. The molecular formula is C14H13NO4. The molecule has 3 N–H and O–H groups in total. The molecule has 0 spiro atoms. The van der Waals surface area contributed by atoms with Crippen LogP contribution in [0.5, 0.6) is 17.2 Å². The summed E-state index contributed by atoms with van der Waals surface area (Å²) in [6.07, 6.45) is 0. The van der Waals surface area contributed by atoms with Crippen LogP contribution in [0.15, 0.2) is 42.5 Å². The number of rotatable bonds is 3. The second kappa shape index (κ2) is 5.30. The van der Waals surface area contributed by atoms with Crippen LogP contribution < -0.4 is 10.1 Å². The van der Waals surface area contributed by atoms with Crippen LogP contribution in [0.1, 0.15) is 10.4 Å². The fraction of sp³-hybridized carbons (Fsp3) is 0.0714. The minimum Gasteiger partial charge on any atom is -0.508 e. The highest BCUT2D eigenvalue weighted by atomic mass is 16.5. The summed E-state index contributed by atoms with van der Waals surface area (Å²) >= 11 is 0. The lowest BCUT2D eigenvalue weighted by molar-refractivity contribution is 0.102. The van der Waals surface area contributed by atoms with Crippen molar-refractivity contribution in [2.45, 2.75) is 0 Å². The van der Waals surface area contributed by atoms with E-state index in [4.69, 9.17) is 9.84 Å². The molecule has 0 atom stereocenters. The molecule has 0 bridgehead atoms. The van der Waals surface area contributed by atoms with Crippen molar-refractivity contribution in [3.63, 3.8) is 0 Å². The fourth-order valence-electron chi connectivity index (χ4n) is 1.56. The summed E-state index contributed by atoms with van der Waals surface area (Å²) in [5.41, 5.74) is 0.673. The van der Waals surface area contributed by atoms with Crippen LogP contribution >= 0.6 is 0 Å². The van der Waals surface area contributed by atoms with E-state index in [1.54, 1.807) is 31.4 Å². The van der Waals surface area contributed by atoms with Gasteiger partial charge in [-0.3, -0.25) is 4.79 Å². The first kappa shape index (κ1) is 12.8. The summed E-state index contributed by atoms with van der Waals surface area (Å²) in [5, 5.41) is 21.3. The van der Waals surface area contributed by atoms with Crippen LogP contribution in [-0.4, -0.2) is 23.2 Å². The van der Waals surface area contributed by atoms with Crippen molar-refractivity contribution in [3.05, 3.63) is 48.0 Å². The van der Waals surface area contributed by atoms with Crippen molar-refractivity contribution in [1.82, 2.24) is 0 Å².